The van der Waals surface area contributed by atoms with Gasteiger partial charge >= 0.3 is 0 Å². The van der Waals surface area contributed by atoms with Crippen molar-refractivity contribution < 1.29 is 9.90 Å². The van der Waals surface area contributed by atoms with E-state index in [2.05, 4.69) is 15.3 Å². The number of hydrogen-bond donors (Lipinski definition) is 2. The lowest BCUT2D eigenvalue weighted by Gasteiger charge is -2.30. The normalized spacial score (nSPS) is 11.4. The molecule has 1 rings (SSSR count). The van der Waals surface area contributed by atoms with Crippen molar-refractivity contribution in [3.8, 4) is 0 Å². The van der Waals surface area contributed by atoms with E-state index in [1.165, 1.54) is 0 Å². The Balaban J connectivity index is 2.96. The summed E-state index contributed by atoms with van der Waals surface area (Å²) in [5.41, 5.74) is 0.0391. The topological polar surface area (TPSA) is 75.1 Å². The maximum Gasteiger partial charge on any atom is 0.156 e. The van der Waals surface area contributed by atoms with Crippen LogP contribution in [0.1, 0.15) is 42.9 Å². The minimum Gasteiger partial charge on any atom is -0.396 e. The van der Waals surface area contributed by atoms with Gasteiger partial charge in [0, 0.05) is 12.0 Å². The minimum absolute atomic E-state index is 0.0845. The Bertz CT molecular complexity index is 439. The Morgan fingerprint density at radius 1 is 1.37 bits per heavy atom. The van der Waals surface area contributed by atoms with E-state index in [9.17, 15) is 9.90 Å². The highest BCUT2D eigenvalue weighted by Crippen LogP contribution is 2.27. The zero-order valence-corrected chi connectivity index (χ0v) is 12.3. The lowest BCUT2D eigenvalue weighted by Crippen LogP contribution is -2.32. The number of aryl methyl sites for hydroxylation is 1. The summed E-state index contributed by atoms with van der Waals surface area (Å²) in [4.78, 5) is 19.2. The molecule has 0 aromatic carbocycles. The van der Waals surface area contributed by atoms with Crippen LogP contribution in [-0.2, 0) is 0 Å². The average Bonchev–Trinajstić information content (AvgIpc) is 2.40. The summed E-state index contributed by atoms with van der Waals surface area (Å²) in [6.07, 6.45) is 2.31. The number of aliphatic hydroxyl groups is 1. The van der Waals surface area contributed by atoms with Crippen LogP contribution in [0.3, 0.4) is 0 Å². The molecule has 106 valence electrons. The van der Waals surface area contributed by atoms with Crippen LogP contribution in [0.15, 0.2) is 0 Å². The molecule has 0 saturated heterocycles. The molecule has 19 heavy (non-hydrogen) atoms. The minimum atomic E-state index is -0.217. The van der Waals surface area contributed by atoms with E-state index < -0.39 is 0 Å². The van der Waals surface area contributed by atoms with Crippen LogP contribution in [-0.4, -0.2) is 34.5 Å². The second-order valence-corrected chi connectivity index (χ2v) is 5.02. The fraction of sp³-hybridized carbons (Fsp3) is 0.615. The summed E-state index contributed by atoms with van der Waals surface area (Å²) in [7, 11) is 0. The van der Waals surface area contributed by atoms with Gasteiger partial charge in [-0.2, -0.15) is 0 Å². The van der Waals surface area contributed by atoms with Gasteiger partial charge in [0.25, 0.3) is 0 Å². The van der Waals surface area contributed by atoms with Gasteiger partial charge in [0.05, 0.1) is 12.2 Å². The molecule has 0 saturated carbocycles. The first-order valence-electron chi connectivity index (χ1n) is 6.36. The number of nitrogens with zero attached hydrogens (tertiary/aromatic N) is 2. The highest BCUT2D eigenvalue weighted by atomic mass is 35.5. The number of halogens is 1. The molecular weight excluding hydrogens is 266 g/mol. The fourth-order valence-corrected chi connectivity index (χ4v) is 2.09. The van der Waals surface area contributed by atoms with E-state index >= 15 is 0 Å². The van der Waals surface area contributed by atoms with Gasteiger partial charge < -0.3 is 10.4 Å². The maximum atomic E-state index is 11.0. The molecule has 6 heteroatoms. The van der Waals surface area contributed by atoms with Gasteiger partial charge in [-0.15, -0.1) is 0 Å². The van der Waals surface area contributed by atoms with Crippen molar-refractivity contribution in [1.82, 2.24) is 9.97 Å². The second kappa shape index (κ2) is 6.82. The van der Waals surface area contributed by atoms with Crippen molar-refractivity contribution in [2.24, 2.45) is 5.41 Å². The molecule has 2 N–H and O–H groups in total. The van der Waals surface area contributed by atoms with Gasteiger partial charge in [0.15, 0.2) is 6.29 Å². The van der Waals surface area contributed by atoms with Crippen molar-refractivity contribution in [3.63, 3.8) is 0 Å². The lowest BCUT2D eigenvalue weighted by molar-refractivity contribution is 0.112. The van der Waals surface area contributed by atoms with Crippen LogP contribution >= 0.6 is 11.6 Å². The van der Waals surface area contributed by atoms with E-state index in [0.29, 0.717) is 24.5 Å². The first-order chi connectivity index (χ1) is 9.01. The van der Waals surface area contributed by atoms with Crippen LogP contribution in [0.25, 0.3) is 0 Å². The maximum absolute atomic E-state index is 11.0. The van der Waals surface area contributed by atoms with Gasteiger partial charge in [0.2, 0.25) is 0 Å². The molecule has 0 bridgehead atoms. The number of hydrogen-bond acceptors (Lipinski definition) is 5. The molecule has 0 amide bonds. The number of nitrogens with one attached hydrogen (secondary N) is 1. The summed E-state index contributed by atoms with van der Waals surface area (Å²) in [6.45, 7) is 6.39. The first-order valence-corrected chi connectivity index (χ1v) is 6.73. The van der Waals surface area contributed by atoms with Crippen molar-refractivity contribution in [2.45, 2.75) is 33.6 Å². The monoisotopic (exact) mass is 285 g/mol. The highest BCUT2D eigenvalue weighted by Gasteiger charge is 2.25. The summed E-state index contributed by atoms with van der Waals surface area (Å²) >= 11 is 5.91. The van der Waals surface area contributed by atoms with Gasteiger partial charge in [0.1, 0.15) is 16.8 Å². The molecule has 5 nitrogen and oxygen atoms in total. The van der Waals surface area contributed by atoms with E-state index in [0.717, 1.165) is 12.8 Å². The third kappa shape index (κ3) is 3.64. The number of carbonyl (C=O) groups is 1. The fourth-order valence-electron chi connectivity index (χ4n) is 1.84. The summed E-state index contributed by atoms with van der Waals surface area (Å²) < 4.78 is 0. The van der Waals surface area contributed by atoms with Crippen LogP contribution in [0.4, 0.5) is 5.82 Å². The standard InChI is InChI=1S/C13H20ClN3O2/c1-4-13(5-2,8-19)7-15-12-10(6-18)11(14)16-9(3)17-12/h6,19H,4-5,7-8H2,1-3H3,(H,15,16,17). The second-order valence-electron chi connectivity index (χ2n) is 4.66. The summed E-state index contributed by atoms with van der Waals surface area (Å²) in [6, 6.07) is 0. The molecule has 0 fully saturated rings. The van der Waals surface area contributed by atoms with Crippen molar-refractivity contribution in [3.05, 3.63) is 16.5 Å². The van der Waals surface area contributed by atoms with Crippen LogP contribution in [0.2, 0.25) is 5.15 Å². The number of rotatable bonds is 7. The molecule has 0 radical (unpaired) electrons. The number of carbonyl (C=O) groups excluding carboxylic acids is 1. The largest absolute Gasteiger partial charge is 0.396 e. The molecule has 1 aromatic rings. The smallest absolute Gasteiger partial charge is 0.156 e. The molecule has 1 aromatic heterocycles. The molecule has 0 aliphatic carbocycles. The first kappa shape index (κ1) is 15.9. The predicted octanol–water partition coefficient (Wildman–Crippen LogP) is 2.46. The van der Waals surface area contributed by atoms with Gasteiger partial charge in [-0.05, 0) is 19.8 Å². The molecule has 0 unspecified atom stereocenters. The Hall–Kier alpha value is -1.20. The van der Waals surface area contributed by atoms with Gasteiger partial charge in [-0.25, -0.2) is 9.97 Å². The van der Waals surface area contributed by atoms with E-state index in [1.807, 2.05) is 13.8 Å². The molecule has 1 heterocycles. The SMILES string of the molecule is CCC(CC)(CO)CNc1nc(C)nc(Cl)c1C=O. The average molecular weight is 286 g/mol. The molecule has 0 aliphatic heterocycles. The third-order valence-corrected chi connectivity index (χ3v) is 3.88. The Morgan fingerprint density at radius 3 is 2.47 bits per heavy atom. The number of aromatic nitrogens is 2. The lowest BCUT2D eigenvalue weighted by atomic mass is 9.83. The number of aldehydes is 1. The van der Waals surface area contributed by atoms with Gasteiger partial charge in [-0.1, -0.05) is 25.4 Å². The van der Waals surface area contributed by atoms with Crippen LogP contribution in [0.5, 0.6) is 0 Å². The summed E-state index contributed by atoms with van der Waals surface area (Å²) in [5, 5.41) is 12.8. The Morgan fingerprint density at radius 2 is 2.00 bits per heavy atom. The third-order valence-electron chi connectivity index (χ3n) is 3.60. The quantitative estimate of drug-likeness (QED) is 0.594. The number of aliphatic hydroxyl groups excluding tert-OH is 1. The zero-order valence-electron chi connectivity index (χ0n) is 11.5. The van der Waals surface area contributed by atoms with Crippen molar-refractivity contribution in [2.75, 3.05) is 18.5 Å². The summed E-state index contributed by atoms with van der Waals surface area (Å²) in [5.74, 6) is 0.924. The van der Waals surface area contributed by atoms with Crippen LogP contribution in [0, 0.1) is 12.3 Å². The highest BCUT2D eigenvalue weighted by molar-refractivity contribution is 6.32. The van der Waals surface area contributed by atoms with Crippen molar-refractivity contribution >= 4 is 23.7 Å². The molecule has 0 atom stereocenters. The molecule has 0 aliphatic rings. The zero-order chi connectivity index (χ0) is 14.5. The van der Waals surface area contributed by atoms with Crippen molar-refractivity contribution in [1.29, 1.82) is 0 Å². The van der Waals surface area contributed by atoms with E-state index in [-0.39, 0.29) is 22.7 Å². The Kier molecular flexibility index (Phi) is 5.69. The van der Waals surface area contributed by atoms with Crippen LogP contribution < -0.4 is 5.32 Å². The van der Waals surface area contributed by atoms with E-state index in [1.54, 1.807) is 6.92 Å². The predicted molar refractivity (Wildman–Crippen MR) is 75.8 cm³/mol. The van der Waals surface area contributed by atoms with E-state index in [4.69, 9.17) is 11.6 Å². The number of anilines is 1. The Labute approximate surface area is 118 Å². The van der Waals surface area contributed by atoms with Gasteiger partial charge in [-0.3, -0.25) is 4.79 Å². The molecule has 0 spiro atoms. The molecular formula is C13H20ClN3O2.